The van der Waals surface area contributed by atoms with Gasteiger partial charge in [0.1, 0.15) is 17.3 Å². The first kappa shape index (κ1) is 23.4. The second-order valence-corrected chi connectivity index (χ2v) is 9.02. The number of carboxylic acid groups (broad SMARTS) is 1. The van der Waals surface area contributed by atoms with Crippen LogP contribution in [-0.4, -0.2) is 40.9 Å². The van der Waals surface area contributed by atoms with Crippen LogP contribution in [-0.2, 0) is 27.8 Å². The van der Waals surface area contributed by atoms with E-state index in [1.54, 1.807) is 12.1 Å². The van der Waals surface area contributed by atoms with Crippen molar-refractivity contribution in [1.82, 2.24) is 14.8 Å². The molecule has 3 N–H and O–H groups in total. The molecule has 3 rings (SSSR count). The first-order chi connectivity index (χ1) is 15.0. The van der Waals surface area contributed by atoms with Crippen molar-refractivity contribution in [3.8, 4) is 17.0 Å². The summed E-state index contributed by atoms with van der Waals surface area (Å²) in [6, 6.07) is 5.93. The Morgan fingerprint density at radius 2 is 2.06 bits per heavy atom. The molecule has 11 heteroatoms. The van der Waals surface area contributed by atoms with Gasteiger partial charge in [0.05, 0.1) is 19.2 Å². The Bertz CT molecular complexity index is 1240. The molecular weight excluding hydrogens is 439 g/mol. The molecule has 2 aromatic heterocycles. The minimum atomic E-state index is -3.83. The Kier molecular flexibility index (Phi) is 6.90. The van der Waals surface area contributed by atoms with E-state index in [1.807, 2.05) is 13.8 Å². The van der Waals surface area contributed by atoms with Crippen LogP contribution in [0.5, 0.6) is 5.88 Å². The number of nitrogens with two attached hydrogens (primary N) is 1. The number of benzene rings is 1. The van der Waals surface area contributed by atoms with E-state index in [4.69, 9.17) is 9.88 Å². The highest BCUT2D eigenvalue weighted by molar-refractivity contribution is 7.89. The van der Waals surface area contributed by atoms with Gasteiger partial charge in [0.15, 0.2) is 0 Å². The van der Waals surface area contributed by atoms with Crippen LogP contribution in [0.25, 0.3) is 11.1 Å². The van der Waals surface area contributed by atoms with Crippen LogP contribution in [0.3, 0.4) is 0 Å². The first-order valence-corrected chi connectivity index (χ1v) is 11.3. The van der Waals surface area contributed by atoms with Crippen molar-refractivity contribution in [3.63, 3.8) is 0 Å². The maximum Gasteiger partial charge on any atom is 0.307 e. The molecule has 32 heavy (non-hydrogen) atoms. The van der Waals surface area contributed by atoms with Gasteiger partial charge in [0, 0.05) is 18.5 Å². The third kappa shape index (κ3) is 5.68. The van der Waals surface area contributed by atoms with Crippen molar-refractivity contribution in [3.05, 3.63) is 59.8 Å². The molecule has 0 bridgehead atoms. The monoisotopic (exact) mass is 462 g/mol. The molecule has 3 aromatic rings. The highest BCUT2D eigenvalue weighted by atomic mass is 32.2. The molecule has 0 fully saturated rings. The number of rotatable bonds is 9. The summed E-state index contributed by atoms with van der Waals surface area (Å²) in [5.74, 6) is -1.28. The highest BCUT2D eigenvalue weighted by Gasteiger charge is 2.18. The zero-order valence-corrected chi connectivity index (χ0v) is 18.3. The van der Waals surface area contributed by atoms with E-state index in [0.717, 1.165) is 6.20 Å². The molecule has 0 spiro atoms. The van der Waals surface area contributed by atoms with E-state index in [9.17, 15) is 22.7 Å². The van der Waals surface area contributed by atoms with Crippen molar-refractivity contribution in [2.24, 2.45) is 5.14 Å². The maximum atomic E-state index is 14.3. The molecule has 0 radical (unpaired) electrons. The van der Waals surface area contributed by atoms with Crippen LogP contribution in [0.1, 0.15) is 30.9 Å². The number of hydrogen-bond acceptors (Lipinski definition) is 6. The molecular formula is C21H23FN4O5S. The van der Waals surface area contributed by atoms with Crippen molar-refractivity contribution in [1.29, 1.82) is 0 Å². The number of halogens is 1. The number of nitrogens with zero attached hydrogens (tertiary/aromatic N) is 3. The minimum Gasteiger partial charge on any atom is -0.481 e. The number of aromatic nitrogens is 3. The Hall–Kier alpha value is -3.31. The summed E-state index contributed by atoms with van der Waals surface area (Å²) in [7, 11) is -3.83. The second-order valence-electron chi connectivity index (χ2n) is 7.46. The summed E-state index contributed by atoms with van der Waals surface area (Å²) in [5, 5.41) is 18.3. The molecule has 0 saturated heterocycles. The first-order valence-electron chi connectivity index (χ1n) is 9.73. The molecule has 0 atom stereocenters. The zero-order chi connectivity index (χ0) is 23.5. The quantitative estimate of drug-likeness (QED) is 0.498. The number of hydrogen-bond donors (Lipinski definition) is 2. The topological polar surface area (TPSA) is 137 Å². The lowest BCUT2D eigenvalue weighted by atomic mass is 9.88. The van der Waals surface area contributed by atoms with Crippen LogP contribution >= 0.6 is 0 Å². The molecule has 9 nitrogen and oxygen atoms in total. The summed E-state index contributed by atoms with van der Waals surface area (Å²) < 4.78 is 44.0. The molecule has 0 unspecified atom stereocenters. The number of aliphatic carboxylic acids is 1. The fraction of sp³-hybridized carbons (Fsp3) is 0.286. The molecule has 1 aromatic carbocycles. The third-order valence-electron chi connectivity index (χ3n) is 4.75. The molecule has 2 heterocycles. The highest BCUT2D eigenvalue weighted by Crippen LogP contribution is 2.33. The Balaban J connectivity index is 1.83. The minimum absolute atomic E-state index is 0.0624. The third-order valence-corrected chi connectivity index (χ3v) is 5.62. The largest absolute Gasteiger partial charge is 0.481 e. The van der Waals surface area contributed by atoms with Gasteiger partial charge in [-0.2, -0.15) is 5.10 Å². The number of pyridine rings is 1. The Morgan fingerprint density at radius 3 is 2.69 bits per heavy atom. The van der Waals surface area contributed by atoms with E-state index in [2.05, 4.69) is 10.1 Å². The van der Waals surface area contributed by atoms with Gasteiger partial charge in [-0.25, -0.2) is 22.9 Å². The van der Waals surface area contributed by atoms with Crippen LogP contribution < -0.4 is 9.88 Å². The van der Waals surface area contributed by atoms with Crippen molar-refractivity contribution < 1.29 is 27.4 Å². The SMILES string of the molecule is CC(C)c1cc(F)cc(-c2ccnc(OCCn3cc(S(N)(=O)=O)cn3)c2)c1CC(=O)O. The maximum absolute atomic E-state index is 14.3. The normalized spacial score (nSPS) is 11.7. The van der Waals surface area contributed by atoms with Gasteiger partial charge in [0.25, 0.3) is 0 Å². The van der Waals surface area contributed by atoms with Crippen LogP contribution in [0, 0.1) is 5.82 Å². The van der Waals surface area contributed by atoms with Gasteiger partial charge in [0.2, 0.25) is 15.9 Å². The Morgan fingerprint density at radius 1 is 1.31 bits per heavy atom. The standard InChI is InChI=1S/C21H23FN4O5S/c1-13(2)17-8-15(22)9-18(19(17)10-21(27)28)14-3-4-24-20(7-14)31-6-5-26-12-16(11-25-26)32(23,29)30/h3-4,7-9,11-13H,5-6,10H2,1-2H3,(H,27,28)(H2,23,29,30). The molecule has 170 valence electrons. The lowest BCUT2D eigenvalue weighted by molar-refractivity contribution is -0.136. The van der Waals surface area contributed by atoms with Gasteiger partial charge < -0.3 is 9.84 Å². The van der Waals surface area contributed by atoms with Crippen molar-refractivity contribution in [2.45, 2.75) is 37.6 Å². The molecule has 0 aliphatic carbocycles. The van der Waals surface area contributed by atoms with Gasteiger partial charge in [-0.05, 0) is 46.4 Å². The van der Waals surface area contributed by atoms with Crippen LogP contribution in [0.4, 0.5) is 4.39 Å². The Labute approximate surface area is 184 Å². The van der Waals surface area contributed by atoms with Gasteiger partial charge >= 0.3 is 5.97 Å². The molecule has 0 saturated carbocycles. The number of carbonyl (C=O) groups is 1. The summed E-state index contributed by atoms with van der Waals surface area (Å²) >= 11 is 0. The van der Waals surface area contributed by atoms with Crippen molar-refractivity contribution in [2.75, 3.05) is 6.61 Å². The average molecular weight is 463 g/mol. The van der Waals surface area contributed by atoms with Crippen molar-refractivity contribution >= 4 is 16.0 Å². The fourth-order valence-electron chi connectivity index (χ4n) is 3.29. The van der Waals surface area contributed by atoms with Gasteiger partial charge in [-0.1, -0.05) is 13.8 Å². The smallest absolute Gasteiger partial charge is 0.307 e. The van der Waals surface area contributed by atoms with E-state index in [1.165, 1.54) is 29.2 Å². The zero-order valence-electron chi connectivity index (χ0n) is 17.5. The van der Waals surface area contributed by atoms with E-state index in [-0.39, 0.29) is 36.3 Å². The molecule has 0 aliphatic heterocycles. The lowest BCUT2D eigenvalue weighted by Crippen LogP contribution is -2.12. The predicted octanol–water partition coefficient (Wildman–Crippen LogP) is 2.56. The van der Waals surface area contributed by atoms with Crippen LogP contribution in [0.15, 0.2) is 47.8 Å². The summed E-state index contributed by atoms with van der Waals surface area (Å²) in [5.41, 5.74) is 2.21. The number of carboxylic acids is 1. The van der Waals surface area contributed by atoms with Crippen LogP contribution in [0.2, 0.25) is 0 Å². The van der Waals surface area contributed by atoms with Gasteiger partial charge in [-0.3, -0.25) is 9.48 Å². The van der Waals surface area contributed by atoms with E-state index in [0.29, 0.717) is 22.3 Å². The lowest BCUT2D eigenvalue weighted by Gasteiger charge is -2.17. The fourth-order valence-corrected chi connectivity index (χ4v) is 3.76. The predicted molar refractivity (Wildman–Crippen MR) is 114 cm³/mol. The number of ether oxygens (including phenoxy) is 1. The number of sulfonamides is 1. The summed E-state index contributed by atoms with van der Waals surface area (Å²) in [4.78, 5) is 15.5. The average Bonchev–Trinajstić information content (AvgIpc) is 3.18. The summed E-state index contributed by atoms with van der Waals surface area (Å²) in [6.45, 7) is 4.12. The van der Waals surface area contributed by atoms with Gasteiger partial charge in [-0.15, -0.1) is 0 Å². The summed E-state index contributed by atoms with van der Waals surface area (Å²) in [6.07, 6.45) is 3.69. The molecule has 0 amide bonds. The van der Waals surface area contributed by atoms with E-state index >= 15 is 0 Å². The number of primary sulfonamides is 1. The van der Waals surface area contributed by atoms with E-state index < -0.39 is 21.8 Å². The molecule has 0 aliphatic rings. The second kappa shape index (κ2) is 9.45.